The minimum absolute atomic E-state index is 0.383. The maximum Gasteiger partial charge on any atom is 0.126 e. The van der Waals surface area contributed by atoms with Crippen molar-refractivity contribution in [3.8, 4) is 0 Å². The van der Waals surface area contributed by atoms with E-state index in [-0.39, 0.29) is 6.04 Å². The van der Waals surface area contributed by atoms with Gasteiger partial charge in [-0.05, 0) is 49.3 Å². The summed E-state index contributed by atoms with van der Waals surface area (Å²) in [5.74, 6) is -1.19. The van der Waals surface area contributed by atoms with Crippen molar-refractivity contribution in [1.82, 2.24) is 9.88 Å². The molecule has 0 spiro atoms. The largest absolute Gasteiger partial charge is 0.324 e. The van der Waals surface area contributed by atoms with E-state index in [2.05, 4.69) is 9.88 Å². The lowest BCUT2D eigenvalue weighted by atomic mass is 10.0. The normalized spacial score (nSPS) is 12.6. The molecule has 0 amide bonds. The van der Waals surface area contributed by atoms with Crippen molar-refractivity contribution in [2.45, 2.75) is 19.0 Å². The molecule has 21 heavy (non-hydrogen) atoms. The van der Waals surface area contributed by atoms with Crippen molar-refractivity contribution in [1.29, 1.82) is 0 Å². The Labute approximate surface area is 123 Å². The first-order valence-corrected chi connectivity index (χ1v) is 6.83. The van der Waals surface area contributed by atoms with Crippen LogP contribution >= 0.6 is 0 Å². The van der Waals surface area contributed by atoms with E-state index in [4.69, 9.17) is 5.73 Å². The Morgan fingerprint density at radius 3 is 2.57 bits per heavy atom. The lowest BCUT2D eigenvalue weighted by molar-refractivity contribution is 0.311. The molecule has 3 nitrogen and oxygen atoms in total. The minimum atomic E-state index is -0.593. The van der Waals surface area contributed by atoms with Gasteiger partial charge in [0, 0.05) is 31.0 Å². The van der Waals surface area contributed by atoms with Crippen molar-refractivity contribution >= 4 is 0 Å². The number of hydrogen-bond donors (Lipinski definition) is 1. The molecule has 0 saturated carbocycles. The molecule has 0 radical (unpaired) electrons. The second-order valence-corrected chi connectivity index (χ2v) is 5.20. The number of nitrogens with two attached hydrogens (primary N) is 1. The number of benzene rings is 1. The molecule has 0 aliphatic rings. The molecule has 1 unspecified atom stereocenters. The molecule has 5 heteroatoms. The van der Waals surface area contributed by atoms with Crippen LogP contribution in [-0.4, -0.2) is 23.5 Å². The van der Waals surface area contributed by atoms with Gasteiger partial charge in [-0.2, -0.15) is 0 Å². The first kappa shape index (κ1) is 15.5. The monoisotopic (exact) mass is 291 g/mol. The van der Waals surface area contributed by atoms with Crippen LogP contribution < -0.4 is 5.73 Å². The van der Waals surface area contributed by atoms with Gasteiger partial charge < -0.3 is 10.6 Å². The van der Waals surface area contributed by atoms with Crippen LogP contribution in [0.3, 0.4) is 0 Å². The molecule has 0 aliphatic carbocycles. The third kappa shape index (κ3) is 4.88. The molecule has 1 aromatic carbocycles. The van der Waals surface area contributed by atoms with Gasteiger partial charge >= 0.3 is 0 Å². The van der Waals surface area contributed by atoms with E-state index >= 15 is 0 Å². The second kappa shape index (κ2) is 7.24. The van der Waals surface area contributed by atoms with Crippen LogP contribution in [0.25, 0.3) is 0 Å². The van der Waals surface area contributed by atoms with Crippen molar-refractivity contribution in [2.24, 2.45) is 5.73 Å². The SMILES string of the molecule is CN(CCC(N)c1cc(F)cc(F)c1)Cc1cccnc1. The Balaban J connectivity index is 1.87. The summed E-state index contributed by atoms with van der Waals surface area (Å²) in [6.45, 7) is 1.49. The Morgan fingerprint density at radius 1 is 1.24 bits per heavy atom. The van der Waals surface area contributed by atoms with Gasteiger partial charge in [-0.25, -0.2) is 8.78 Å². The fraction of sp³-hybridized carbons (Fsp3) is 0.312. The van der Waals surface area contributed by atoms with Gasteiger partial charge in [0.1, 0.15) is 11.6 Å². The Kier molecular flexibility index (Phi) is 5.36. The molecule has 1 heterocycles. The molecule has 0 bridgehead atoms. The first-order valence-electron chi connectivity index (χ1n) is 6.83. The number of rotatable bonds is 6. The van der Waals surface area contributed by atoms with Gasteiger partial charge in [0.25, 0.3) is 0 Å². The van der Waals surface area contributed by atoms with Gasteiger partial charge in [-0.3, -0.25) is 4.98 Å². The minimum Gasteiger partial charge on any atom is -0.324 e. The molecule has 0 fully saturated rings. The van der Waals surface area contributed by atoms with Crippen molar-refractivity contribution in [3.63, 3.8) is 0 Å². The summed E-state index contributed by atoms with van der Waals surface area (Å²) in [6.07, 6.45) is 4.18. The number of aromatic nitrogens is 1. The van der Waals surface area contributed by atoms with Crippen LogP contribution in [0.5, 0.6) is 0 Å². The standard InChI is InChI=1S/C16H19F2N3/c1-21(11-12-3-2-5-20-10-12)6-4-16(19)13-7-14(17)9-15(18)8-13/h2-3,5,7-10,16H,4,6,11,19H2,1H3. The number of nitrogens with zero attached hydrogens (tertiary/aromatic N) is 2. The van der Waals surface area contributed by atoms with Gasteiger partial charge in [0.2, 0.25) is 0 Å². The lowest BCUT2D eigenvalue weighted by Gasteiger charge is -2.19. The van der Waals surface area contributed by atoms with Crippen LogP contribution in [-0.2, 0) is 6.54 Å². The van der Waals surface area contributed by atoms with Crippen molar-refractivity contribution in [2.75, 3.05) is 13.6 Å². The average molecular weight is 291 g/mol. The van der Waals surface area contributed by atoms with Crippen molar-refractivity contribution < 1.29 is 8.78 Å². The fourth-order valence-electron chi connectivity index (χ4n) is 2.20. The molecule has 1 atom stereocenters. The van der Waals surface area contributed by atoms with Crippen molar-refractivity contribution in [3.05, 3.63) is 65.5 Å². The van der Waals surface area contributed by atoms with Gasteiger partial charge in [-0.15, -0.1) is 0 Å². The van der Waals surface area contributed by atoms with Gasteiger partial charge in [0.15, 0.2) is 0 Å². The smallest absolute Gasteiger partial charge is 0.126 e. The van der Waals surface area contributed by atoms with Crippen LogP contribution in [0, 0.1) is 11.6 Å². The molecular formula is C16H19F2N3. The summed E-state index contributed by atoms with van der Waals surface area (Å²) in [7, 11) is 1.98. The zero-order chi connectivity index (χ0) is 15.2. The zero-order valence-electron chi connectivity index (χ0n) is 12.0. The van der Waals surface area contributed by atoms with E-state index in [9.17, 15) is 8.78 Å². The molecule has 2 N–H and O–H groups in total. The zero-order valence-corrected chi connectivity index (χ0v) is 12.0. The highest BCUT2D eigenvalue weighted by molar-refractivity contribution is 5.21. The summed E-state index contributed by atoms with van der Waals surface area (Å²) in [5.41, 5.74) is 7.61. The highest BCUT2D eigenvalue weighted by atomic mass is 19.1. The van der Waals surface area contributed by atoms with E-state index in [0.717, 1.165) is 24.7 Å². The maximum absolute atomic E-state index is 13.2. The maximum atomic E-state index is 13.2. The Bertz CT molecular complexity index is 555. The Morgan fingerprint density at radius 2 is 1.95 bits per heavy atom. The lowest BCUT2D eigenvalue weighted by Crippen LogP contribution is -2.23. The molecule has 1 aromatic heterocycles. The molecule has 0 aliphatic heterocycles. The third-order valence-corrected chi connectivity index (χ3v) is 3.31. The Hall–Kier alpha value is -1.85. The van der Waals surface area contributed by atoms with Crippen LogP contribution in [0.4, 0.5) is 8.78 Å². The topological polar surface area (TPSA) is 42.1 Å². The predicted molar refractivity (Wildman–Crippen MR) is 78.5 cm³/mol. The molecular weight excluding hydrogens is 272 g/mol. The predicted octanol–water partition coefficient (Wildman–Crippen LogP) is 2.88. The number of pyridine rings is 1. The van der Waals surface area contributed by atoms with E-state index < -0.39 is 11.6 Å². The quantitative estimate of drug-likeness (QED) is 0.890. The van der Waals surface area contributed by atoms with Gasteiger partial charge in [0.05, 0.1) is 0 Å². The van der Waals surface area contributed by atoms with Crippen LogP contribution in [0.15, 0.2) is 42.7 Å². The highest BCUT2D eigenvalue weighted by Crippen LogP contribution is 2.17. The summed E-state index contributed by atoms with van der Waals surface area (Å²) in [5, 5.41) is 0. The molecule has 2 rings (SSSR count). The van der Waals surface area contributed by atoms with E-state index in [1.165, 1.54) is 12.1 Å². The summed E-state index contributed by atoms with van der Waals surface area (Å²) in [4.78, 5) is 6.17. The summed E-state index contributed by atoms with van der Waals surface area (Å²) >= 11 is 0. The average Bonchev–Trinajstić information content (AvgIpc) is 2.45. The highest BCUT2D eigenvalue weighted by Gasteiger charge is 2.10. The second-order valence-electron chi connectivity index (χ2n) is 5.20. The first-order chi connectivity index (χ1) is 10.0. The molecule has 2 aromatic rings. The fourth-order valence-corrected chi connectivity index (χ4v) is 2.20. The summed E-state index contributed by atoms with van der Waals surface area (Å²) in [6, 6.07) is 6.94. The van der Waals surface area contributed by atoms with Crippen LogP contribution in [0.1, 0.15) is 23.6 Å². The molecule has 0 saturated heterocycles. The van der Waals surface area contributed by atoms with E-state index in [1.807, 2.05) is 25.4 Å². The van der Waals surface area contributed by atoms with Crippen LogP contribution in [0.2, 0.25) is 0 Å². The molecule has 112 valence electrons. The van der Waals surface area contributed by atoms with E-state index in [1.54, 1.807) is 6.20 Å². The number of hydrogen-bond acceptors (Lipinski definition) is 3. The van der Waals surface area contributed by atoms with Gasteiger partial charge in [-0.1, -0.05) is 6.07 Å². The summed E-state index contributed by atoms with van der Waals surface area (Å²) < 4.78 is 26.3. The van der Waals surface area contributed by atoms with E-state index in [0.29, 0.717) is 12.0 Å². The third-order valence-electron chi connectivity index (χ3n) is 3.31. The number of halogens is 2.